The lowest BCUT2D eigenvalue weighted by Gasteiger charge is -2.18. The maximum atomic E-state index is 12.2. The van der Waals surface area contributed by atoms with Crippen LogP contribution in [0.15, 0.2) is 16.6 Å². The van der Waals surface area contributed by atoms with Gasteiger partial charge in [0.15, 0.2) is 0 Å². The number of halogens is 1. The molecule has 1 aliphatic rings. The molecule has 0 spiro atoms. The Hall–Kier alpha value is -1.43. The van der Waals surface area contributed by atoms with Gasteiger partial charge in [-0.25, -0.2) is 0 Å². The molecule has 0 aliphatic carbocycles. The van der Waals surface area contributed by atoms with E-state index in [2.05, 4.69) is 15.9 Å². The van der Waals surface area contributed by atoms with Gasteiger partial charge in [0.05, 0.1) is 4.92 Å². The highest BCUT2D eigenvalue weighted by molar-refractivity contribution is 9.10. The molecule has 0 saturated heterocycles. The molecule has 1 aromatic rings. The molecule has 0 atom stereocenters. The fourth-order valence-electron chi connectivity index (χ4n) is 2.33. The predicted octanol–water partition coefficient (Wildman–Crippen LogP) is 3.29. The zero-order chi connectivity index (χ0) is 14.2. The summed E-state index contributed by atoms with van der Waals surface area (Å²) in [6, 6.07) is 3.31. The molecule has 102 valence electrons. The van der Waals surface area contributed by atoms with E-state index in [0.29, 0.717) is 29.5 Å². The van der Waals surface area contributed by atoms with Crippen LogP contribution in [0.4, 0.5) is 11.4 Å². The Labute approximate surface area is 119 Å². The first kappa shape index (κ1) is 14.0. The fraction of sp³-hybridized carbons (Fsp3) is 0.462. The lowest BCUT2D eigenvalue weighted by molar-refractivity contribution is -0.384. The monoisotopic (exact) mass is 326 g/mol. The lowest BCUT2D eigenvalue weighted by Crippen LogP contribution is -2.30. The Kier molecular flexibility index (Phi) is 3.89. The van der Waals surface area contributed by atoms with Gasteiger partial charge in [0.2, 0.25) is 5.91 Å². The first-order valence-corrected chi connectivity index (χ1v) is 6.96. The number of hydrogen-bond acceptors (Lipinski definition) is 3. The second-order valence-electron chi connectivity index (χ2n) is 5.08. The second kappa shape index (κ2) is 5.28. The van der Waals surface area contributed by atoms with Crippen molar-refractivity contribution in [1.82, 2.24) is 0 Å². The van der Waals surface area contributed by atoms with Crippen LogP contribution in [0.1, 0.15) is 25.8 Å². The van der Waals surface area contributed by atoms with Crippen molar-refractivity contribution in [1.29, 1.82) is 0 Å². The van der Waals surface area contributed by atoms with Gasteiger partial charge in [-0.2, -0.15) is 0 Å². The normalized spacial score (nSPS) is 13.8. The van der Waals surface area contributed by atoms with E-state index < -0.39 is 4.92 Å². The summed E-state index contributed by atoms with van der Waals surface area (Å²) in [5.41, 5.74) is 1.33. The minimum absolute atomic E-state index is 0.000943. The van der Waals surface area contributed by atoms with E-state index in [-0.39, 0.29) is 17.5 Å². The van der Waals surface area contributed by atoms with Crippen molar-refractivity contribution in [2.24, 2.45) is 5.92 Å². The molecule has 1 heterocycles. The molecule has 0 bridgehead atoms. The Morgan fingerprint density at radius 2 is 2.21 bits per heavy atom. The van der Waals surface area contributed by atoms with E-state index in [1.807, 2.05) is 19.9 Å². The molecule has 0 radical (unpaired) electrons. The van der Waals surface area contributed by atoms with Crippen molar-refractivity contribution in [2.75, 3.05) is 11.4 Å². The van der Waals surface area contributed by atoms with Crippen molar-refractivity contribution in [3.63, 3.8) is 0 Å². The Bertz CT molecular complexity index is 543. The van der Waals surface area contributed by atoms with Crippen molar-refractivity contribution < 1.29 is 9.72 Å². The summed E-state index contributed by atoms with van der Waals surface area (Å²) in [6.45, 7) is 4.45. The minimum atomic E-state index is -0.426. The summed E-state index contributed by atoms with van der Waals surface area (Å²) in [7, 11) is 0. The molecule has 19 heavy (non-hydrogen) atoms. The quantitative estimate of drug-likeness (QED) is 0.632. The predicted molar refractivity (Wildman–Crippen MR) is 76.3 cm³/mol. The lowest BCUT2D eigenvalue weighted by atomic mass is 10.1. The van der Waals surface area contributed by atoms with Gasteiger partial charge in [0, 0.05) is 23.5 Å². The summed E-state index contributed by atoms with van der Waals surface area (Å²) in [4.78, 5) is 24.4. The molecule has 0 aromatic heterocycles. The summed E-state index contributed by atoms with van der Waals surface area (Å²) in [5, 5.41) is 11.1. The van der Waals surface area contributed by atoms with Crippen molar-refractivity contribution in [2.45, 2.75) is 26.7 Å². The van der Waals surface area contributed by atoms with E-state index in [1.165, 1.54) is 6.07 Å². The van der Waals surface area contributed by atoms with Crippen molar-refractivity contribution in [3.8, 4) is 0 Å². The Morgan fingerprint density at radius 3 is 2.79 bits per heavy atom. The number of amides is 1. The van der Waals surface area contributed by atoms with Gasteiger partial charge in [-0.15, -0.1) is 0 Å². The van der Waals surface area contributed by atoms with E-state index in [0.717, 1.165) is 5.56 Å². The molecule has 2 rings (SSSR count). The summed E-state index contributed by atoms with van der Waals surface area (Å²) >= 11 is 3.27. The average molecular weight is 327 g/mol. The third kappa shape index (κ3) is 2.78. The molecular weight excluding hydrogens is 312 g/mol. The second-order valence-corrected chi connectivity index (χ2v) is 6.00. The molecule has 0 saturated carbocycles. The summed E-state index contributed by atoms with van der Waals surface area (Å²) < 4.78 is 0.677. The third-order valence-electron chi connectivity index (χ3n) is 3.09. The first-order chi connectivity index (χ1) is 8.90. The van der Waals surface area contributed by atoms with Crippen LogP contribution in [0.3, 0.4) is 0 Å². The number of rotatable bonds is 3. The van der Waals surface area contributed by atoms with Crippen LogP contribution < -0.4 is 4.90 Å². The van der Waals surface area contributed by atoms with Gasteiger partial charge in [0.1, 0.15) is 5.69 Å². The highest BCUT2D eigenvalue weighted by Crippen LogP contribution is 2.39. The van der Waals surface area contributed by atoms with E-state index in [9.17, 15) is 14.9 Å². The number of benzene rings is 1. The van der Waals surface area contributed by atoms with Gasteiger partial charge in [-0.3, -0.25) is 14.9 Å². The molecule has 1 aliphatic heterocycles. The number of nitro benzene ring substituents is 1. The molecule has 6 heteroatoms. The van der Waals surface area contributed by atoms with E-state index in [4.69, 9.17) is 0 Å². The van der Waals surface area contributed by atoms with Gasteiger partial charge in [0.25, 0.3) is 5.69 Å². The van der Waals surface area contributed by atoms with Crippen molar-refractivity contribution in [3.05, 3.63) is 32.3 Å². The summed E-state index contributed by atoms with van der Waals surface area (Å²) in [5.74, 6) is 0.199. The highest BCUT2D eigenvalue weighted by atomic mass is 79.9. The van der Waals surface area contributed by atoms with Crippen LogP contribution in [0, 0.1) is 16.0 Å². The number of anilines is 1. The number of nitro groups is 1. The SMILES string of the molecule is CC(C)CC(=O)N1CCc2cc(Br)cc([N+](=O)[O-])c21. The highest BCUT2D eigenvalue weighted by Gasteiger charge is 2.32. The standard InChI is InChI=1S/C13H15BrN2O3/c1-8(2)5-12(17)15-4-3-9-6-10(14)7-11(13(9)15)16(18)19/h6-8H,3-5H2,1-2H3. The van der Waals surface area contributed by atoms with Gasteiger partial charge < -0.3 is 4.90 Å². The maximum Gasteiger partial charge on any atom is 0.294 e. The van der Waals surface area contributed by atoms with Crippen LogP contribution in [-0.4, -0.2) is 17.4 Å². The van der Waals surface area contributed by atoms with Crippen LogP contribution in [0.5, 0.6) is 0 Å². The number of fused-ring (bicyclic) bond motifs is 1. The maximum absolute atomic E-state index is 12.2. The van der Waals surface area contributed by atoms with Crippen LogP contribution in [0.2, 0.25) is 0 Å². The zero-order valence-electron chi connectivity index (χ0n) is 10.9. The molecule has 1 aromatic carbocycles. The molecule has 1 amide bonds. The third-order valence-corrected chi connectivity index (χ3v) is 3.55. The smallest absolute Gasteiger partial charge is 0.294 e. The number of nitrogens with zero attached hydrogens (tertiary/aromatic N) is 2. The van der Waals surface area contributed by atoms with Crippen LogP contribution >= 0.6 is 15.9 Å². The van der Waals surface area contributed by atoms with Gasteiger partial charge in [-0.05, 0) is 24.0 Å². The fourth-order valence-corrected chi connectivity index (χ4v) is 2.83. The molecule has 0 fully saturated rings. The van der Waals surface area contributed by atoms with E-state index >= 15 is 0 Å². The molecule has 0 N–H and O–H groups in total. The van der Waals surface area contributed by atoms with Gasteiger partial charge >= 0.3 is 0 Å². The topological polar surface area (TPSA) is 63.5 Å². The minimum Gasteiger partial charge on any atom is -0.306 e. The van der Waals surface area contributed by atoms with Crippen LogP contribution in [-0.2, 0) is 11.2 Å². The largest absolute Gasteiger partial charge is 0.306 e. The molecule has 0 unspecified atom stereocenters. The van der Waals surface area contributed by atoms with Gasteiger partial charge in [-0.1, -0.05) is 29.8 Å². The van der Waals surface area contributed by atoms with Crippen molar-refractivity contribution >= 4 is 33.2 Å². The Balaban J connectivity index is 2.43. The van der Waals surface area contributed by atoms with E-state index in [1.54, 1.807) is 4.90 Å². The molecular formula is C13H15BrN2O3. The number of carbonyl (C=O) groups is 1. The number of carbonyl (C=O) groups excluding carboxylic acids is 1. The number of hydrogen-bond donors (Lipinski definition) is 0. The zero-order valence-corrected chi connectivity index (χ0v) is 12.4. The first-order valence-electron chi connectivity index (χ1n) is 6.17. The molecule has 5 nitrogen and oxygen atoms in total. The summed E-state index contributed by atoms with van der Waals surface area (Å²) in [6.07, 6.45) is 1.08. The van der Waals surface area contributed by atoms with Crippen LogP contribution in [0.25, 0.3) is 0 Å². The average Bonchev–Trinajstić information content (AvgIpc) is 2.70. The Morgan fingerprint density at radius 1 is 1.53 bits per heavy atom.